The molecule has 0 bridgehead atoms. The van der Waals surface area contributed by atoms with Gasteiger partial charge in [0.1, 0.15) is 5.82 Å². The van der Waals surface area contributed by atoms with Gasteiger partial charge in [0.15, 0.2) is 0 Å². The summed E-state index contributed by atoms with van der Waals surface area (Å²) in [5.41, 5.74) is 0.324. The number of benzene rings is 1. The maximum atomic E-state index is 13.3. The molecule has 0 aliphatic rings. The van der Waals surface area contributed by atoms with E-state index in [0.717, 1.165) is 19.5 Å². The van der Waals surface area contributed by atoms with E-state index in [1.54, 1.807) is 6.07 Å². The van der Waals surface area contributed by atoms with Crippen molar-refractivity contribution in [3.63, 3.8) is 0 Å². The molecule has 0 radical (unpaired) electrons. The largest absolute Gasteiger partial charge is 0.391 e. The molecule has 0 fully saturated rings. The van der Waals surface area contributed by atoms with Gasteiger partial charge >= 0.3 is 0 Å². The van der Waals surface area contributed by atoms with E-state index in [4.69, 9.17) is 11.6 Å². The zero-order valence-corrected chi connectivity index (χ0v) is 13.5. The summed E-state index contributed by atoms with van der Waals surface area (Å²) >= 11 is 6.09. The summed E-state index contributed by atoms with van der Waals surface area (Å²) in [5, 5.41) is 11.2. The van der Waals surface area contributed by atoms with E-state index in [1.165, 1.54) is 12.1 Å². The molecule has 2 atom stereocenters. The van der Waals surface area contributed by atoms with Gasteiger partial charge in [-0.2, -0.15) is 0 Å². The third-order valence-corrected chi connectivity index (χ3v) is 4.71. The van der Waals surface area contributed by atoms with E-state index in [0.29, 0.717) is 17.0 Å². The van der Waals surface area contributed by atoms with Crippen molar-refractivity contribution in [1.29, 1.82) is 0 Å². The van der Waals surface area contributed by atoms with Crippen LogP contribution in [-0.2, 0) is 6.42 Å². The summed E-state index contributed by atoms with van der Waals surface area (Å²) in [6, 6.07) is 4.28. The number of aliphatic hydroxyl groups is 1. The van der Waals surface area contributed by atoms with Gasteiger partial charge in [-0.15, -0.1) is 0 Å². The van der Waals surface area contributed by atoms with Crippen molar-refractivity contribution in [1.82, 2.24) is 4.90 Å². The van der Waals surface area contributed by atoms with E-state index in [1.807, 2.05) is 0 Å². The molecule has 1 N–H and O–H groups in total. The summed E-state index contributed by atoms with van der Waals surface area (Å²) < 4.78 is 13.3. The van der Waals surface area contributed by atoms with Crippen LogP contribution in [0.4, 0.5) is 4.39 Å². The number of hydrogen-bond acceptors (Lipinski definition) is 2. The van der Waals surface area contributed by atoms with E-state index in [2.05, 4.69) is 32.6 Å². The van der Waals surface area contributed by atoms with Crippen LogP contribution in [0.5, 0.6) is 0 Å². The molecular formula is C16H25ClFNO. The number of nitrogens with zero attached hydrogens (tertiary/aromatic N) is 1. The monoisotopic (exact) mass is 301 g/mol. The molecule has 0 heterocycles. The summed E-state index contributed by atoms with van der Waals surface area (Å²) in [6.45, 7) is 10.0. The Hall–Kier alpha value is -0.640. The van der Waals surface area contributed by atoms with Crippen LogP contribution >= 0.6 is 11.6 Å². The second kappa shape index (κ2) is 7.39. The molecule has 0 saturated heterocycles. The van der Waals surface area contributed by atoms with E-state index in [-0.39, 0.29) is 11.4 Å². The zero-order chi connectivity index (χ0) is 15.3. The normalized spacial score (nSPS) is 16.2. The maximum absolute atomic E-state index is 13.3. The molecular weight excluding hydrogens is 277 g/mol. The van der Waals surface area contributed by atoms with Crippen molar-refractivity contribution in [2.45, 2.75) is 52.2 Å². The van der Waals surface area contributed by atoms with Crippen molar-refractivity contribution in [3.8, 4) is 0 Å². The van der Waals surface area contributed by atoms with Gasteiger partial charge in [0, 0.05) is 17.0 Å². The number of rotatable bonds is 7. The standard InChI is InChI=1S/C16H25ClFNO/c1-5-16(4,19(6-2)7-3)15(20)11-12-10-13(18)8-9-14(12)17/h8-10,15,20H,5-7,11H2,1-4H3. The molecule has 0 aromatic heterocycles. The predicted molar refractivity (Wildman–Crippen MR) is 82.7 cm³/mol. The number of halogens is 2. The highest BCUT2D eigenvalue weighted by molar-refractivity contribution is 6.31. The van der Waals surface area contributed by atoms with Crippen LogP contribution in [-0.4, -0.2) is 34.7 Å². The number of aliphatic hydroxyl groups excluding tert-OH is 1. The molecule has 2 nitrogen and oxygen atoms in total. The molecule has 1 aromatic carbocycles. The lowest BCUT2D eigenvalue weighted by Gasteiger charge is -2.43. The quantitative estimate of drug-likeness (QED) is 0.826. The smallest absolute Gasteiger partial charge is 0.123 e. The maximum Gasteiger partial charge on any atom is 0.123 e. The van der Waals surface area contributed by atoms with E-state index < -0.39 is 6.10 Å². The van der Waals surface area contributed by atoms with Gasteiger partial charge in [-0.05, 0) is 50.2 Å². The first-order valence-electron chi connectivity index (χ1n) is 7.26. The van der Waals surface area contributed by atoms with E-state index >= 15 is 0 Å². The fourth-order valence-corrected chi connectivity index (χ4v) is 2.94. The highest BCUT2D eigenvalue weighted by Gasteiger charge is 2.36. The molecule has 4 heteroatoms. The molecule has 0 spiro atoms. The molecule has 0 aliphatic carbocycles. The molecule has 1 rings (SSSR count). The first-order valence-corrected chi connectivity index (χ1v) is 7.63. The van der Waals surface area contributed by atoms with Gasteiger partial charge < -0.3 is 5.11 Å². The van der Waals surface area contributed by atoms with Gasteiger partial charge in [-0.25, -0.2) is 4.39 Å². The predicted octanol–water partition coefficient (Wildman–Crippen LogP) is 3.89. The Morgan fingerprint density at radius 2 is 1.90 bits per heavy atom. The second-order valence-electron chi connectivity index (χ2n) is 5.34. The van der Waals surface area contributed by atoms with Gasteiger partial charge in [-0.3, -0.25) is 4.90 Å². The van der Waals surface area contributed by atoms with Crippen LogP contribution in [0, 0.1) is 5.82 Å². The average molecular weight is 302 g/mol. The third-order valence-electron chi connectivity index (χ3n) is 4.34. The lowest BCUT2D eigenvalue weighted by atomic mass is 9.85. The molecule has 0 amide bonds. The number of likely N-dealkylation sites (N-methyl/N-ethyl adjacent to an activating group) is 1. The SMILES string of the molecule is CCN(CC)C(C)(CC)C(O)Cc1cc(F)ccc1Cl. The molecule has 0 aliphatic heterocycles. The van der Waals surface area contributed by atoms with Gasteiger partial charge in [-0.1, -0.05) is 32.4 Å². The van der Waals surface area contributed by atoms with Crippen molar-refractivity contribution in [3.05, 3.63) is 34.6 Å². The van der Waals surface area contributed by atoms with Crippen molar-refractivity contribution in [2.24, 2.45) is 0 Å². The van der Waals surface area contributed by atoms with Crippen molar-refractivity contribution in [2.75, 3.05) is 13.1 Å². The highest BCUT2D eigenvalue weighted by atomic mass is 35.5. The van der Waals surface area contributed by atoms with Crippen LogP contribution in [0.15, 0.2) is 18.2 Å². The Balaban J connectivity index is 2.97. The Kier molecular flexibility index (Phi) is 6.44. The lowest BCUT2D eigenvalue weighted by Crippen LogP contribution is -2.54. The average Bonchev–Trinajstić information content (AvgIpc) is 2.43. The fraction of sp³-hybridized carbons (Fsp3) is 0.625. The van der Waals surface area contributed by atoms with Crippen LogP contribution in [0.3, 0.4) is 0 Å². The minimum absolute atomic E-state index is 0.322. The second-order valence-corrected chi connectivity index (χ2v) is 5.75. The zero-order valence-electron chi connectivity index (χ0n) is 12.8. The topological polar surface area (TPSA) is 23.5 Å². The Bertz CT molecular complexity index is 436. The first-order chi connectivity index (χ1) is 9.38. The molecule has 114 valence electrons. The summed E-state index contributed by atoms with van der Waals surface area (Å²) in [6.07, 6.45) is 0.590. The fourth-order valence-electron chi connectivity index (χ4n) is 2.74. The van der Waals surface area contributed by atoms with E-state index in [9.17, 15) is 9.50 Å². The van der Waals surface area contributed by atoms with Crippen LogP contribution in [0.2, 0.25) is 5.02 Å². The summed E-state index contributed by atoms with van der Waals surface area (Å²) in [5.74, 6) is -0.322. The summed E-state index contributed by atoms with van der Waals surface area (Å²) in [7, 11) is 0. The molecule has 20 heavy (non-hydrogen) atoms. The van der Waals surface area contributed by atoms with Gasteiger partial charge in [0.25, 0.3) is 0 Å². The Labute approximate surface area is 126 Å². The Morgan fingerprint density at radius 3 is 2.40 bits per heavy atom. The first kappa shape index (κ1) is 17.4. The van der Waals surface area contributed by atoms with Crippen LogP contribution < -0.4 is 0 Å². The minimum atomic E-state index is -0.591. The lowest BCUT2D eigenvalue weighted by molar-refractivity contribution is -0.0190. The van der Waals surface area contributed by atoms with Crippen LogP contribution in [0.1, 0.15) is 39.7 Å². The van der Waals surface area contributed by atoms with Gasteiger partial charge in [0.2, 0.25) is 0 Å². The number of hydrogen-bond donors (Lipinski definition) is 1. The summed E-state index contributed by atoms with van der Waals surface area (Å²) in [4.78, 5) is 2.24. The third kappa shape index (κ3) is 3.72. The highest BCUT2D eigenvalue weighted by Crippen LogP contribution is 2.28. The van der Waals surface area contributed by atoms with Crippen molar-refractivity contribution < 1.29 is 9.50 Å². The van der Waals surface area contributed by atoms with Gasteiger partial charge in [0.05, 0.1) is 6.10 Å². The van der Waals surface area contributed by atoms with Crippen molar-refractivity contribution >= 4 is 11.6 Å². The van der Waals surface area contributed by atoms with Crippen LogP contribution in [0.25, 0.3) is 0 Å². The molecule has 1 aromatic rings. The molecule has 2 unspecified atom stereocenters. The minimum Gasteiger partial charge on any atom is -0.391 e. The molecule has 0 saturated carbocycles. The Morgan fingerprint density at radius 1 is 1.30 bits per heavy atom.